The Balaban J connectivity index is 1.51. The van der Waals surface area contributed by atoms with E-state index in [2.05, 4.69) is 0 Å². The van der Waals surface area contributed by atoms with Gasteiger partial charge < -0.3 is 9.47 Å². The van der Waals surface area contributed by atoms with E-state index in [-0.39, 0.29) is 18.1 Å². The van der Waals surface area contributed by atoms with E-state index in [9.17, 15) is 9.18 Å². The summed E-state index contributed by atoms with van der Waals surface area (Å²) >= 11 is 6.02. The topological polar surface area (TPSA) is 35.5 Å². The summed E-state index contributed by atoms with van der Waals surface area (Å²) in [4.78, 5) is 12.5. The molecule has 1 aliphatic heterocycles. The minimum absolute atomic E-state index is 0.163. The van der Waals surface area contributed by atoms with Crippen LogP contribution in [0.15, 0.2) is 66.4 Å². The van der Waals surface area contributed by atoms with Crippen molar-refractivity contribution in [3.05, 3.63) is 99.5 Å². The quantitative estimate of drug-likeness (QED) is 0.510. The highest BCUT2D eigenvalue weighted by Gasteiger charge is 2.27. The van der Waals surface area contributed by atoms with E-state index in [4.69, 9.17) is 21.1 Å². The molecule has 3 aromatic rings. The summed E-state index contributed by atoms with van der Waals surface area (Å²) < 4.78 is 24.6. The molecule has 28 heavy (non-hydrogen) atoms. The Labute approximate surface area is 167 Å². The van der Waals surface area contributed by atoms with Gasteiger partial charge in [0.25, 0.3) is 0 Å². The molecule has 0 aromatic heterocycles. The van der Waals surface area contributed by atoms with Gasteiger partial charge in [-0.25, -0.2) is 4.39 Å². The lowest BCUT2D eigenvalue weighted by Gasteiger charge is -2.08. The summed E-state index contributed by atoms with van der Waals surface area (Å²) in [6, 6.07) is 17.0. The van der Waals surface area contributed by atoms with Gasteiger partial charge in [0.15, 0.2) is 5.76 Å². The molecule has 3 nitrogen and oxygen atoms in total. The van der Waals surface area contributed by atoms with Crippen LogP contribution in [-0.2, 0) is 6.61 Å². The first kappa shape index (κ1) is 18.3. The number of benzene rings is 3. The van der Waals surface area contributed by atoms with E-state index in [1.807, 2.05) is 31.2 Å². The number of hydrogen-bond donors (Lipinski definition) is 0. The lowest BCUT2D eigenvalue weighted by Crippen LogP contribution is -1.98. The fraction of sp³-hybridized carbons (Fsp3) is 0.0870. The lowest BCUT2D eigenvalue weighted by atomic mass is 10.1. The van der Waals surface area contributed by atoms with Gasteiger partial charge in [-0.3, -0.25) is 4.79 Å². The van der Waals surface area contributed by atoms with Crippen molar-refractivity contribution in [2.24, 2.45) is 0 Å². The Hall–Kier alpha value is -3.11. The first-order chi connectivity index (χ1) is 13.5. The van der Waals surface area contributed by atoms with Crippen LogP contribution in [0.3, 0.4) is 0 Å². The number of carbonyl (C=O) groups excluding carboxylic acids is 1. The van der Waals surface area contributed by atoms with Crippen LogP contribution in [0.5, 0.6) is 11.5 Å². The Bertz CT molecular complexity index is 1090. The van der Waals surface area contributed by atoms with Crippen LogP contribution in [0.2, 0.25) is 5.02 Å². The maximum absolute atomic E-state index is 13.1. The third kappa shape index (κ3) is 3.78. The number of hydrogen-bond acceptors (Lipinski definition) is 3. The second-order valence-corrected chi connectivity index (χ2v) is 6.94. The van der Waals surface area contributed by atoms with E-state index in [1.165, 1.54) is 12.1 Å². The number of ether oxygens (including phenoxy) is 2. The van der Waals surface area contributed by atoms with Gasteiger partial charge in [-0.2, -0.15) is 0 Å². The molecule has 0 amide bonds. The van der Waals surface area contributed by atoms with E-state index in [0.29, 0.717) is 27.6 Å². The monoisotopic (exact) mass is 394 g/mol. The van der Waals surface area contributed by atoms with E-state index >= 15 is 0 Å². The summed E-state index contributed by atoms with van der Waals surface area (Å²) in [6.45, 7) is 2.18. The number of halogens is 2. The summed E-state index contributed by atoms with van der Waals surface area (Å²) in [5.74, 6) is 0.696. The number of carbonyl (C=O) groups is 1. The lowest BCUT2D eigenvalue weighted by molar-refractivity contribution is 0.101. The zero-order valence-corrected chi connectivity index (χ0v) is 15.8. The van der Waals surface area contributed by atoms with Crippen molar-refractivity contribution in [3.8, 4) is 11.5 Å². The first-order valence-corrected chi connectivity index (χ1v) is 9.09. The molecule has 1 heterocycles. The number of ketones is 1. The van der Waals surface area contributed by atoms with Crippen LogP contribution in [0.25, 0.3) is 6.08 Å². The van der Waals surface area contributed by atoms with Crippen molar-refractivity contribution < 1.29 is 18.7 Å². The highest BCUT2D eigenvalue weighted by Crippen LogP contribution is 2.35. The number of aryl methyl sites for hydroxylation is 1. The second kappa shape index (κ2) is 7.49. The van der Waals surface area contributed by atoms with Crippen molar-refractivity contribution in [2.75, 3.05) is 0 Å². The van der Waals surface area contributed by atoms with Crippen molar-refractivity contribution in [2.45, 2.75) is 13.5 Å². The number of rotatable bonds is 4. The molecule has 0 saturated heterocycles. The summed E-state index contributed by atoms with van der Waals surface area (Å²) in [5, 5.41) is 0.302. The van der Waals surface area contributed by atoms with Crippen molar-refractivity contribution in [1.29, 1.82) is 0 Å². The molecule has 0 saturated carbocycles. The van der Waals surface area contributed by atoms with Gasteiger partial charge in [0.05, 0.1) is 10.6 Å². The summed E-state index contributed by atoms with van der Waals surface area (Å²) in [7, 11) is 0. The van der Waals surface area contributed by atoms with E-state index < -0.39 is 5.82 Å². The molecule has 0 fully saturated rings. The van der Waals surface area contributed by atoms with Crippen LogP contribution in [-0.4, -0.2) is 5.78 Å². The number of allylic oxidation sites excluding steroid dienone is 1. The molecule has 0 radical (unpaired) electrons. The van der Waals surface area contributed by atoms with Gasteiger partial charge in [0.1, 0.15) is 23.9 Å². The van der Waals surface area contributed by atoms with Crippen molar-refractivity contribution >= 4 is 23.5 Å². The van der Waals surface area contributed by atoms with Crippen LogP contribution < -0.4 is 9.47 Å². The smallest absolute Gasteiger partial charge is 0.231 e. The molecule has 0 N–H and O–H groups in total. The Kier molecular flexibility index (Phi) is 4.88. The van der Waals surface area contributed by atoms with E-state index in [1.54, 1.807) is 30.3 Å². The molecule has 0 bridgehead atoms. The van der Waals surface area contributed by atoms with Gasteiger partial charge in [-0.1, -0.05) is 47.5 Å². The van der Waals surface area contributed by atoms with Gasteiger partial charge in [-0.05, 0) is 42.8 Å². The summed E-state index contributed by atoms with van der Waals surface area (Å²) in [5.41, 5.74) is 3.20. The molecular weight excluding hydrogens is 379 g/mol. The second-order valence-electron chi connectivity index (χ2n) is 6.53. The average Bonchev–Trinajstić information content (AvgIpc) is 2.98. The maximum atomic E-state index is 13.1. The third-order valence-electron chi connectivity index (χ3n) is 4.43. The van der Waals surface area contributed by atoms with Crippen LogP contribution in [0.1, 0.15) is 27.0 Å². The Morgan fingerprint density at radius 2 is 1.86 bits per heavy atom. The largest absolute Gasteiger partial charge is 0.489 e. The first-order valence-electron chi connectivity index (χ1n) is 8.71. The van der Waals surface area contributed by atoms with Crippen LogP contribution in [0, 0.1) is 12.7 Å². The molecule has 0 unspecified atom stereocenters. The molecule has 0 atom stereocenters. The molecule has 0 spiro atoms. The van der Waals surface area contributed by atoms with Gasteiger partial charge >= 0.3 is 0 Å². The molecule has 0 aliphatic carbocycles. The zero-order valence-electron chi connectivity index (χ0n) is 15.0. The molecule has 140 valence electrons. The standard InChI is InChI=1S/C23H16ClFO3/c1-14-2-4-15(5-3-14)10-22-23(26)19-9-8-18(12-21(19)28-22)27-13-16-6-7-17(25)11-20(16)24/h2-12H,13H2,1H3/b22-10-. The molecular formula is C23H16ClFO3. The highest BCUT2D eigenvalue weighted by atomic mass is 35.5. The Morgan fingerprint density at radius 3 is 2.61 bits per heavy atom. The summed E-state index contributed by atoms with van der Waals surface area (Å²) in [6.07, 6.45) is 1.72. The van der Waals surface area contributed by atoms with Crippen molar-refractivity contribution in [3.63, 3.8) is 0 Å². The van der Waals surface area contributed by atoms with Crippen molar-refractivity contribution in [1.82, 2.24) is 0 Å². The van der Waals surface area contributed by atoms with Gasteiger partial charge in [0, 0.05) is 11.6 Å². The zero-order chi connectivity index (χ0) is 19.7. The normalized spacial score (nSPS) is 14.1. The molecule has 3 aromatic carbocycles. The highest BCUT2D eigenvalue weighted by molar-refractivity contribution is 6.31. The van der Waals surface area contributed by atoms with Crippen LogP contribution >= 0.6 is 11.6 Å². The van der Waals surface area contributed by atoms with Gasteiger partial charge in [0.2, 0.25) is 5.78 Å². The third-order valence-corrected chi connectivity index (χ3v) is 4.78. The number of Topliss-reactive ketones (excluding diaryl/α,β-unsaturated/α-hetero) is 1. The van der Waals surface area contributed by atoms with E-state index in [0.717, 1.165) is 11.1 Å². The predicted molar refractivity (Wildman–Crippen MR) is 106 cm³/mol. The molecule has 5 heteroatoms. The maximum Gasteiger partial charge on any atom is 0.231 e. The molecule has 1 aliphatic rings. The fourth-order valence-electron chi connectivity index (χ4n) is 2.87. The van der Waals surface area contributed by atoms with Crippen LogP contribution in [0.4, 0.5) is 4.39 Å². The minimum atomic E-state index is -0.397. The molecule has 4 rings (SSSR count). The fourth-order valence-corrected chi connectivity index (χ4v) is 3.09. The minimum Gasteiger partial charge on any atom is -0.489 e. The predicted octanol–water partition coefficient (Wildman–Crippen LogP) is 5.98. The Morgan fingerprint density at radius 1 is 1.07 bits per heavy atom. The van der Waals surface area contributed by atoms with Gasteiger partial charge in [-0.15, -0.1) is 0 Å². The number of fused-ring (bicyclic) bond motifs is 1. The average molecular weight is 395 g/mol. The SMILES string of the molecule is Cc1ccc(/C=C2\Oc3cc(OCc4ccc(F)cc4Cl)ccc3C2=O)cc1.